The molecule has 1 N–H and O–H groups in total. The van der Waals surface area contributed by atoms with E-state index in [1.54, 1.807) is 0 Å². The van der Waals surface area contributed by atoms with E-state index in [1.165, 1.54) is 0 Å². The lowest BCUT2D eigenvalue weighted by Crippen LogP contribution is -2.46. The van der Waals surface area contributed by atoms with E-state index in [9.17, 15) is 5.11 Å². The Morgan fingerprint density at radius 3 is 2.78 bits per heavy atom. The average molecular weight is 249 g/mol. The van der Waals surface area contributed by atoms with Crippen molar-refractivity contribution in [1.82, 2.24) is 4.90 Å². The predicted molar refractivity (Wildman–Crippen MR) is 67.7 cm³/mol. The number of hydrogen-bond acceptors (Lipinski definition) is 4. The van der Waals surface area contributed by atoms with Gasteiger partial charge in [0.15, 0.2) is 0 Å². The third-order valence-electron chi connectivity index (χ3n) is 3.77. The third kappa shape index (κ3) is 2.36. The quantitative estimate of drug-likeness (QED) is 0.812. The van der Waals surface area contributed by atoms with Crippen LogP contribution in [-0.2, 0) is 4.74 Å². The summed E-state index contributed by atoms with van der Waals surface area (Å²) in [5.74, 6) is 0.820. The first-order valence-electron chi connectivity index (χ1n) is 6.56. The highest BCUT2D eigenvalue weighted by Gasteiger charge is 2.28. The number of morpholine rings is 1. The van der Waals surface area contributed by atoms with Crippen LogP contribution in [0.3, 0.4) is 0 Å². The van der Waals surface area contributed by atoms with Gasteiger partial charge < -0.3 is 14.6 Å². The molecule has 1 aromatic carbocycles. The Labute approximate surface area is 107 Å². The molecule has 0 radical (unpaired) electrons. The van der Waals surface area contributed by atoms with Gasteiger partial charge in [0.1, 0.15) is 12.4 Å². The third-order valence-corrected chi connectivity index (χ3v) is 3.77. The number of nitrogens with zero attached hydrogens (tertiary/aromatic N) is 1. The van der Waals surface area contributed by atoms with Gasteiger partial charge in [-0.15, -0.1) is 0 Å². The minimum absolute atomic E-state index is 0.274. The van der Waals surface area contributed by atoms with E-state index >= 15 is 0 Å². The maximum Gasteiger partial charge on any atom is 0.125 e. The smallest absolute Gasteiger partial charge is 0.125 e. The first-order valence-corrected chi connectivity index (χ1v) is 6.56. The highest BCUT2D eigenvalue weighted by molar-refractivity contribution is 5.36. The number of hydrogen-bond donors (Lipinski definition) is 1. The van der Waals surface area contributed by atoms with Crippen molar-refractivity contribution in [1.29, 1.82) is 0 Å². The summed E-state index contributed by atoms with van der Waals surface area (Å²) in [6.45, 7) is 4.06. The summed E-state index contributed by atoms with van der Waals surface area (Å²) < 4.78 is 11.2. The van der Waals surface area contributed by atoms with Crippen molar-refractivity contribution in [2.45, 2.75) is 18.6 Å². The summed E-state index contributed by atoms with van der Waals surface area (Å²) in [5.41, 5.74) is 0.910. The van der Waals surface area contributed by atoms with Gasteiger partial charge in [-0.2, -0.15) is 0 Å². The van der Waals surface area contributed by atoms with Crippen molar-refractivity contribution < 1.29 is 14.6 Å². The van der Waals surface area contributed by atoms with Crippen molar-refractivity contribution in [2.75, 3.05) is 32.9 Å². The Morgan fingerprint density at radius 2 is 1.94 bits per heavy atom. The number of ether oxygens (including phenoxy) is 2. The van der Waals surface area contributed by atoms with Crippen molar-refractivity contribution >= 4 is 0 Å². The van der Waals surface area contributed by atoms with Crippen LogP contribution >= 0.6 is 0 Å². The maximum absolute atomic E-state index is 10.3. The van der Waals surface area contributed by atoms with Gasteiger partial charge in [0.2, 0.25) is 0 Å². The van der Waals surface area contributed by atoms with Crippen LogP contribution in [0.1, 0.15) is 18.1 Å². The lowest BCUT2D eigenvalue weighted by molar-refractivity contribution is -0.00386. The van der Waals surface area contributed by atoms with Crippen molar-refractivity contribution in [3.63, 3.8) is 0 Å². The number of aliphatic hydroxyl groups is 1. The van der Waals surface area contributed by atoms with Crippen LogP contribution in [0.15, 0.2) is 24.3 Å². The fraction of sp³-hybridized carbons (Fsp3) is 0.571. The number of para-hydroxylation sites is 1. The molecule has 2 aliphatic heterocycles. The monoisotopic (exact) mass is 249 g/mol. The standard InChI is InChI=1S/C14H19NO3/c16-13-9-11(15-5-7-17-8-6-15)10-18-14-4-2-1-3-12(13)14/h1-4,11,13,16H,5-10H2/t11-,13-/m0/s1. The van der Waals surface area contributed by atoms with Crippen LogP contribution < -0.4 is 4.74 Å². The van der Waals surface area contributed by atoms with E-state index < -0.39 is 6.10 Å². The van der Waals surface area contributed by atoms with E-state index in [1.807, 2.05) is 24.3 Å². The topological polar surface area (TPSA) is 41.9 Å². The molecule has 2 aliphatic rings. The highest BCUT2D eigenvalue weighted by Crippen LogP contribution is 2.32. The van der Waals surface area contributed by atoms with E-state index in [0.717, 1.165) is 44.0 Å². The molecule has 18 heavy (non-hydrogen) atoms. The number of benzene rings is 1. The molecule has 0 aliphatic carbocycles. The Morgan fingerprint density at radius 1 is 1.17 bits per heavy atom. The average Bonchev–Trinajstić information content (AvgIpc) is 2.60. The minimum atomic E-state index is -0.434. The molecule has 4 heteroatoms. The van der Waals surface area contributed by atoms with Gasteiger partial charge in [0, 0.05) is 24.7 Å². The van der Waals surface area contributed by atoms with Crippen molar-refractivity contribution in [2.24, 2.45) is 0 Å². The second-order valence-corrected chi connectivity index (χ2v) is 4.90. The minimum Gasteiger partial charge on any atom is -0.492 e. The second-order valence-electron chi connectivity index (χ2n) is 4.90. The molecular formula is C14H19NO3. The number of fused-ring (bicyclic) bond motifs is 1. The Kier molecular flexibility index (Phi) is 3.50. The van der Waals surface area contributed by atoms with E-state index in [-0.39, 0.29) is 6.04 Å². The molecule has 0 spiro atoms. The number of aliphatic hydroxyl groups excluding tert-OH is 1. The zero-order valence-electron chi connectivity index (χ0n) is 10.4. The summed E-state index contributed by atoms with van der Waals surface area (Å²) in [6.07, 6.45) is 0.299. The van der Waals surface area contributed by atoms with Gasteiger partial charge in [-0.3, -0.25) is 4.90 Å². The van der Waals surface area contributed by atoms with Crippen LogP contribution in [0.4, 0.5) is 0 Å². The van der Waals surface area contributed by atoms with Gasteiger partial charge in [0.25, 0.3) is 0 Å². The van der Waals surface area contributed by atoms with Gasteiger partial charge in [-0.05, 0) is 12.5 Å². The molecule has 98 valence electrons. The summed E-state index contributed by atoms with van der Waals surface area (Å²) >= 11 is 0. The first kappa shape index (κ1) is 12.0. The van der Waals surface area contributed by atoms with E-state index in [0.29, 0.717) is 6.61 Å². The lowest BCUT2D eigenvalue weighted by Gasteiger charge is -2.33. The molecule has 0 bridgehead atoms. The molecule has 0 unspecified atom stereocenters. The van der Waals surface area contributed by atoms with Crippen molar-refractivity contribution in [3.05, 3.63) is 29.8 Å². The second kappa shape index (κ2) is 5.26. The molecule has 1 saturated heterocycles. The largest absolute Gasteiger partial charge is 0.492 e. The molecule has 0 amide bonds. The Hall–Kier alpha value is -1.10. The fourth-order valence-corrected chi connectivity index (χ4v) is 2.72. The SMILES string of the molecule is O[C@H]1C[C@H](N2CCOCC2)COc2ccccc21. The van der Waals surface area contributed by atoms with Gasteiger partial charge in [-0.1, -0.05) is 18.2 Å². The molecule has 1 fully saturated rings. The van der Waals surface area contributed by atoms with Crippen LogP contribution in [0.5, 0.6) is 5.75 Å². The maximum atomic E-state index is 10.3. The van der Waals surface area contributed by atoms with Crippen LogP contribution in [0.25, 0.3) is 0 Å². The summed E-state index contributed by atoms with van der Waals surface area (Å²) in [4.78, 5) is 2.36. The molecule has 2 atom stereocenters. The molecule has 1 aromatic rings. The van der Waals surface area contributed by atoms with Gasteiger partial charge in [0.05, 0.1) is 19.3 Å². The zero-order chi connectivity index (χ0) is 12.4. The van der Waals surface area contributed by atoms with E-state index in [2.05, 4.69) is 4.90 Å². The number of rotatable bonds is 1. The molecule has 0 aromatic heterocycles. The molecule has 2 heterocycles. The zero-order valence-corrected chi connectivity index (χ0v) is 10.4. The molecule has 0 saturated carbocycles. The molecular weight excluding hydrogens is 230 g/mol. The summed E-state index contributed by atoms with van der Waals surface area (Å²) in [5, 5.41) is 10.3. The van der Waals surface area contributed by atoms with Gasteiger partial charge >= 0.3 is 0 Å². The summed E-state index contributed by atoms with van der Waals surface area (Å²) in [7, 11) is 0. The first-order chi connectivity index (χ1) is 8.84. The summed E-state index contributed by atoms with van der Waals surface area (Å²) in [6, 6.07) is 8.04. The predicted octanol–water partition coefficient (Wildman–Crippen LogP) is 1.20. The highest BCUT2D eigenvalue weighted by atomic mass is 16.5. The van der Waals surface area contributed by atoms with E-state index in [4.69, 9.17) is 9.47 Å². The van der Waals surface area contributed by atoms with Crippen molar-refractivity contribution in [3.8, 4) is 5.75 Å². The molecule has 3 rings (SSSR count). The fourth-order valence-electron chi connectivity index (χ4n) is 2.72. The molecule has 4 nitrogen and oxygen atoms in total. The lowest BCUT2D eigenvalue weighted by atomic mass is 10.0. The van der Waals surface area contributed by atoms with Crippen LogP contribution in [-0.4, -0.2) is 49.0 Å². The normalized spacial score (nSPS) is 29.2. The van der Waals surface area contributed by atoms with Crippen LogP contribution in [0, 0.1) is 0 Å². The van der Waals surface area contributed by atoms with Crippen LogP contribution in [0.2, 0.25) is 0 Å². The van der Waals surface area contributed by atoms with Gasteiger partial charge in [-0.25, -0.2) is 0 Å². The Bertz CT molecular complexity index is 404. The Balaban J connectivity index is 1.75.